The van der Waals surface area contributed by atoms with Crippen LogP contribution in [0.3, 0.4) is 0 Å². The number of aromatic nitrogens is 2. The maximum atomic E-state index is 12.6. The Morgan fingerprint density at radius 1 is 1.26 bits per heavy atom. The number of hydrogen-bond acceptors (Lipinski definition) is 2. The number of rotatable bonds is 5. The van der Waals surface area contributed by atoms with E-state index < -0.39 is 0 Å². The van der Waals surface area contributed by atoms with E-state index in [1.807, 2.05) is 40.6 Å². The maximum absolute atomic E-state index is 12.6. The molecule has 4 heteroatoms. The van der Waals surface area contributed by atoms with Crippen molar-refractivity contribution in [3.63, 3.8) is 0 Å². The fourth-order valence-electron chi connectivity index (χ4n) is 2.35. The number of imidazole rings is 1. The van der Waals surface area contributed by atoms with Crippen LogP contribution < -0.4 is 0 Å². The summed E-state index contributed by atoms with van der Waals surface area (Å²) in [5, 5.41) is 0. The highest BCUT2D eigenvalue weighted by Crippen LogP contribution is 2.15. The molecule has 0 unspecified atom stereocenters. The van der Waals surface area contributed by atoms with Crippen molar-refractivity contribution < 1.29 is 4.79 Å². The Hall–Kier alpha value is -1.84. The van der Waals surface area contributed by atoms with Gasteiger partial charge in [-0.25, -0.2) is 4.98 Å². The number of carbonyl (C=O) groups excluding carboxylic acids is 1. The standard InChI is InChI=1S/C15H21N3O/c1-4-9-17(10-5-2)15(19)14-13-8-6-7-11-18(13)12(3)16-14/h6-8,11H,4-5,9-10H2,1-3H3. The average Bonchev–Trinajstić information content (AvgIpc) is 2.76. The van der Waals surface area contributed by atoms with Crippen molar-refractivity contribution >= 4 is 11.4 Å². The summed E-state index contributed by atoms with van der Waals surface area (Å²) in [5.41, 5.74) is 1.46. The van der Waals surface area contributed by atoms with Crippen LogP contribution in [-0.4, -0.2) is 33.3 Å². The molecule has 0 aliphatic heterocycles. The molecule has 2 rings (SSSR count). The van der Waals surface area contributed by atoms with Gasteiger partial charge in [0.2, 0.25) is 0 Å². The molecule has 4 nitrogen and oxygen atoms in total. The average molecular weight is 259 g/mol. The minimum Gasteiger partial charge on any atom is -0.337 e. The summed E-state index contributed by atoms with van der Waals surface area (Å²) in [6, 6.07) is 5.84. The van der Waals surface area contributed by atoms with Gasteiger partial charge in [-0.3, -0.25) is 4.79 Å². The van der Waals surface area contributed by atoms with Crippen molar-refractivity contribution in [1.82, 2.24) is 14.3 Å². The molecule has 0 N–H and O–H groups in total. The van der Waals surface area contributed by atoms with E-state index in [0.717, 1.165) is 37.3 Å². The summed E-state index contributed by atoms with van der Waals surface area (Å²) < 4.78 is 1.96. The normalized spacial score (nSPS) is 10.9. The molecule has 0 aromatic carbocycles. The van der Waals surface area contributed by atoms with Gasteiger partial charge < -0.3 is 9.30 Å². The van der Waals surface area contributed by atoms with E-state index in [-0.39, 0.29) is 5.91 Å². The first-order valence-corrected chi connectivity index (χ1v) is 6.92. The molecule has 102 valence electrons. The van der Waals surface area contributed by atoms with Crippen LogP contribution in [0.5, 0.6) is 0 Å². The maximum Gasteiger partial charge on any atom is 0.274 e. The topological polar surface area (TPSA) is 37.6 Å². The van der Waals surface area contributed by atoms with Gasteiger partial charge in [-0.1, -0.05) is 19.9 Å². The summed E-state index contributed by atoms with van der Waals surface area (Å²) >= 11 is 0. The zero-order valence-corrected chi connectivity index (χ0v) is 11.9. The molecule has 1 amide bonds. The molecule has 0 atom stereocenters. The minimum absolute atomic E-state index is 0.0421. The van der Waals surface area contributed by atoms with Gasteiger partial charge >= 0.3 is 0 Å². The number of carbonyl (C=O) groups is 1. The van der Waals surface area contributed by atoms with Crippen molar-refractivity contribution in [1.29, 1.82) is 0 Å². The quantitative estimate of drug-likeness (QED) is 0.828. The number of pyridine rings is 1. The van der Waals surface area contributed by atoms with E-state index in [4.69, 9.17) is 0 Å². The lowest BCUT2D eigenvalue weighted by atomic mass is 10.2. The molecule has 0 saturated heterocycles. The third kappa shape index (κ3) is 2.62. The lowest BCUT2D eigenvalue weighted by Gasteiger charge is -2.20. The molecule has 0 radical (unpaired) electrons. The molecule has 0 bridgehead atoms. The number of fused-ring (bicyclic) bond motifs is 1. The third-order valence-electron chi connectivity index (χ3n) is 3.20. The molecule has 0 spiro atoms. The fraction of sp³-hybridized carbons (Fsp3) is 0.467. The Kier molecular flexibility index (Phi) is 4.20. The van der Waals surface area contributed by atoms with Gasteiger partial charge in [0.15, 0.2) is 5.69 Å². The van der Waals surface area contributed by atoms with Crippen molar-refractivity contribution in [2.45, 2.75) is 33.6 Å². The highest BCUT2D eigenvalue weighted by molar-refractivity contribution is 5.99. The van der Waals surface area contributed by atoms with Gasteiger partial charge in [-0.15, -0.1) is 0 Å². The second kappa shape index (κ2) is 5.87. The van der Waals surface area contributed by atoms with Crippen LogP contribution in [0.4, 0.5) is 0 Å². The van der Waals surface area contributed by atoms with E-state index in [0.29, 0.717) is 5.69 Å². The molecule has 0 fully saturated rings. The summed E-state index contributed by atoms with van der Waals surface area (Å²) in [7, 11) is 0. The van der Waals surface area contributed by atoms with E-state index in [2.05, 4.69) is 18.8 Å². The molecule has 2 aromatic heterocycles. The molecule has 2 heterocycles. The molecule has 0 saturated carbocycles. The lowest BCUT2D eigenvalue weighted by molar-refractivity contribution is 0.0752. The monoisotopic (exact) mass is 259 g/mol. The van der Waals surface area contributed by atoms with Gasteiger partial charge in [0.1, 0.15) is 5.82 Å². The molecular weight excluding hydrogens is 238 g/mol. The van der Waals surface area contributed by atoms with E-state index in [1.165, 1.54) is 0 Å². The van der Waals surface area contributed by atoms with Crippen molar-refractivity contribution in [2.75, 3.05) is 13.1 Å². The zero-order valence-electron chi connectivity index (χ0n) is 11.9. The van der Waals surface area contributed by atoms with Crippen molar-refractivity contribution in [2.24, 2.45) is 0 Å². The predicted molar refractivity (Wildman–Crippen MR) is 76.4 cm³/mol. The lowest BCUT2D eigenvalue weighted by Crippen LogP contribution is -2.32. The molecule has 19 heavy (non-hydrogen) atoms. The second-order valence-electron chi connectivity index (χ2n) is 4.76. The smallest absolute Gasteiger partial charge is 0.274 e. The summed E-state index contributed by atoms with van der Waals surface area (Å²) in [5.74, 6) is 0.896. The van der Waals surface area contributed by atoms with Crippen LogP contribution in [0.25, 0.3) is 5.52 Å². The predicted octanol–water partition coefficient (Wildman–Crippen LogP) is 2.90. The number of hydrogen-bond donors (Lipinski definition) is 0. The fourth-order valence-corrected chi connectivity index (χ4v) is 2.35. The Labute approximate surface area is 114 Å². The van der Waals surface area contributed by atoms with Gasteiger partial charge in [-0.2, -0.15) is 0 Å². The van der Waals surface area contributed by atoms with Crippen LogP contribution in [0, 0.1) is 6.92 Å². The van der Waals surface area contributed by atoms with Crippen molar-refractivity contribution in [3.8, 4) is 0 Å². The number of aryl methyl sites for hydroxylation is 1. The Balaban J connectivity index is 2.40. The van der Waals surface area contributed by atoms with E-state index in [1.54, 1.807) is 0 Å². The van der Waals surface area contributed by atoms with Gasteiger partial charge in [-0.05, 0) is 31.9 Å². The highest BCUT2D eigenvalue weighted by atomic mass is 16.2. The molecular formula is C15H21N3O. The minimum atomic E-state index is 0.0421. The Morgan fingerprint density at radius 3 is 2.58 bits per heavy atom. The zero-order chi connectivity index (χ0) is 13.8. The first kappa shape index (κ1) is 13.6. The van der Waals surface area contributed by atoms with Gasteiger partial charge in [0.05, 0.1) is 5.52 Å². The van der Waals surface area contributed by atoms with Crippen LogP contribution >= 0.6 is 0 Å². The first-order valence-electron chi connectivity index (χ1n) is 6.92. The van der Waals surface area contributed by atoms with E-state index in [9.17, 15) is 4.79 Å². The van der Waals surface area contributed by atoms with Gasteiger partial charge in [0, 0.05) is 19.3 Å². The second-order valence-corrected chi connectivity index (χ2v) is 4.76. The molecule has 2 aromatic rings. The number of amides is 1. The largest absolute Gasteiger partial charge is 0.337 e. The summed E-state index contributed by atoms with van der Waals surface area (Å²) in [6.45, 7) is 7.68. The third-order valence-corrected chi connectivity index (χ3v) is 3.20. The van der Waals surface area contributed by atoms with E-state index >= 15 is 0 Å². The van der Waals surface area contributed by atoms with Crippen LogP contribution in [0.2, 0.25) is 0 Å². The molecule has 0 aliphatic rings. The summed E-state index contributed by atoms with van der Waals surface area (Å²) in [6.07, 6.45) is 3.88. The number of nitrogens with zero attached hydrogens (tertiary/aromatic N) is 3. The van der Waals surface area contributed by atoms with Gasteiger partial charge in [0.25, 0.3) is 5.91 Å². The van der Waals surface area contributed by atoms with Crippen LogP contribution in [0.1, 0.15) is 43.0 Å². The SMILES string of the molecule is CCCN(CCC)C(=O)c1nc(C)n2ccccc12. The summed E-state index contributed by atoms with van der Waals surface area (Å²) in [4.78, 5) is 18.9. The first-order chi connectivity index (χ1) is 9.19. The Bertz CT molecular complexity index is 568. The van der Waals surface area contributed by atoms with Crippen LogP contribution in [-0.2, 0) is 0 Å². The Morgan fingerprint density at radius 2 is 1.95 bits per heavy atom. The van der Waals surface area contributed by atoms with Crippen LogP contribution in [0.15, 0.2) is 24.4 Å². The van der Waals surface area contributed by atoms with Crippen molar-refractivity contribution in [3.05, 3.63) is 35.9 Å². The highest BCUT2D eigenvalue weighted by Gasteiger charge is 2.20. The molecule has 0 aliphatic carbocycles.